The number of aliphatic hydroxyl groups is 1. The van der Waals surface area contributed by atoms with E-state index < -0.39 is 6.10 Å². The lowest BCUT2D eigenvalue weighted by molar-refractivity contribution is -0.117. The van der Waals surface area contributed by atoms with E-state index in [1.165, 1.54) is 0 Å². The standard InChI is InChI=1S/C11H17N3O2/c1-8(2)6-14-10(3-4-12-14)13-7-9(15)5-11(13)16/h3-4,8-9,15H,5-7H2,1-2H3. The fourth-order valence-electron chi connectivity index (χ4n) is 1.95. The maximum Gasteiger partial charge on any atom is 0.230 e. The highest BCUT2D eigenvalue weighted by Gasteiger charge is 2.30. The highest BCUT2D eigenvalue weighted by atomic mass is 16.3. The Morgan fingerprint density at radius 1 is 1.62 bits per heavy atom. The Kier molecular flexibility index (Phi) is 2.96. The average molecular weight is 223 g/mol. The number of β-amino-alcohol motifs (C(OH)–C–C–N with tert-alkyl or cyclic N) is 1. The summed E-state index contributed by atoms with van der Waals surface area (Å²) in [6, 6.07) is 1.82. The maximum atomic E-state index is 11.6. The Morgan fingerprint density at radius 3 is 2.94 bits per heavy atom. The summed E-state index contributed by atoms with van der Waals surface area (Å²) in [5, 5.41) is 13.7. The number of aliphatic hydroxyl groups excluding tert-OH is 1. The smallest absolute Gasteiger partial charge is 0.230 e. The van der Waals surface area contributed by atoms with Crippen molar-refractivity contribution in [3.05, 3.63) is 12.3 Å². The summed E-state index contributed by atoms with van der Waals surface area (Å²) in [5.74, 6) is 1.23. The molecule has 1 aromatic heterocycles. The molecule has 0 bridgehead atoms. The molecule has 16 heavy (non-hydrogen) atoms. The normalized spacial score (nSPS) is 21.1. The second kappa shape index (κ2) is 4.25. The van der Waals surface area contributed by atoms with Gasteiger partial charge in [-0.1, -0.05) is 13.8 Å². The first-order chi connectivity index (χ1) is 7.58. The number of rotatable bonds is 3. The third kappa shape index (κ3) is 2.09. The van der Waals surface area contributed by atoms with Crippen molar-refractivity contribution in [2.75, 3.05) is 11.4 Å². The van der Waals surface area contributed by atoms with Gasteiger partial charge in [-0.2, -0.15) is 5.10 Å². The van der Waals surface area contributed by atoms with Crippen LogP contribution in [0.3, 0.4) is 0 Å². The van der Waals surface area contributed by atoms with E-state index in [0.717, 1.165) is 12.4 Å². The van der Waals surface area contributed by atoms with Crippen molar-refractivity contribution >= 4 is 11.7 Å². The Hall–Kier alpha value is -1.36. The second-order valence-corrected chi connectivity index (χ2v) is 4.63. The van der Waals surface area contributed by atoms with Crippen molar-refractivity contribution in [2.24, 2.45) is 5.92 Å². The van der Waals surface area contributed by atoms with Gasteiger partial charge in [-0.3, -0.25) is 9.69 Å². The molecular weight excluding hydrogens is 206 g/mol. The first-order valence-corrected chi connectivity index (χ1v) is 5.58. The molecule has 1 unspecified atom stereocenters. The number of carbonyl (C=O) groups is 1. The molecule has 0 radical (unpaired) electrons. The van der Waals surface area contributed by atoms with Gasteiger partial charge in [0.05, 0.1) is 25.3 Å². The molecule has 1 aliphatic rings. The molecule has 5 nitrogen and oxygen atoms in total. The highest BCUT2D eigenvalue weighted by Crippen LogP contribution is 2.21. The number of anilines is 1. The summed E-state index contributed by atoms with van der Waals surface area (Å²) < 4.78 is 1.82. The lowest BCUT2D eigenvalue weighted by Crippen LogP contribution is -2.28. The first kappa shape index (κ1) is 11.1. The molecule has 0 saturated carbocycles. The third-order valence-electron chi connectivity index (χ3n) is 2.61. The molecule has 1 aromatic rings. The molecule has 0 aromatic carbocycles. The van der Waals surface area contributed by atoms with Gasteiger partial charge in [0.15, 0.2) is 0 Å². The van der Waals surface area contributed by atoms with Crippen LogP contribution in [0.5, 0.6) is 0 Å². The van der Waals surface area contributed by atoms with Gasteiger partial charge in [0.2, 0.25) is 5.91 Å². The molecule has 1 aliphatic heterocycles. The Bertz CT molecular complexity index is 386. The molecule has 0 aliphatic carbocycles. The summed E-state index contributed by atoms with van der Waals surface area (Å²) in [5.41, 5.74) is 0. The van der Waals surface area contributed by atoms with Crippen LogP contribution in [0.2, 0.25) is 0 Å². The van der Waals surface area contributed by atoms with Gasteiger partial charge in [0, 0.05) is 12.6 Å². The average Bonchev–Trinajstić information content (AvgIpc) is 2.72. The predicted octanol–water partition coefficient (Wildman–Crippen LogP) is 0.637. The van der Waals surface area contributed by atoms with E-state index in [0.29, 0.717) is 12.5 Å². The zero-order chi connectivity index (χ0) is 11.7. The largest absolute Gasteiger partial charge is 0.391 e. The van der Waals surface area contributed by atoms with Crippen LogP contribution in [0.25, 0.3) is 0 Å². The van der Waals surface area contributed by atoms with Gasteiger partial charge in [0.25, 0.3) is 0 Å². The summed E-state index contributed by atoms with van der Waals surface area (Å²) in [6.07, 6.45) is 1.36. The topological polar surface area (TPSA) is 58.4 Å². The fraction of sp³-hybridized carbons (Fsp3) is 0.636. The fourth-order valence-corrected chi connectivity index (χ4v) is 1.95. The molecule has 1 N–H and O–H groups in total. The van der Waals surface area contributed by atoms with Gasteiger partial charge < -0.3 is 5.11 Å². The second-order valence-electron chi connectivity index (χ2n) is 4.63. The van der Waals surface area contributed by atoms with Crippen LogP contribution in [0.1, 0.15) is 20.3 Å². The zero-order valence-corrected chi connectivity index (χ0v) is 9.63. The van der Waals surface area contributed by atoms with Gasteiger partial charge in [-0.25, -0.2) is 4.68 Å². The number of hydrogen-bond acceptors (Lipinski definition) is 3. The molecule has 88 valence electrons. The van der Waals surface area contributed by atoms with Crippen molar-refractivity contribution < 1.29 is 9.90 Å². The minimum atomic E-state index is -0.546. The first-order valence-electron chi connectivity index (χ1n) is 5.58. The molecule has 1 saturated heterocycles. The summed E-state index contributed by atoms with van der Waals surface area (Å²) in [6.45, 7) is 5.36. The van der Waals surface area contributed by atoms with Gasteiger partial charge >= 0.3 is 0 Å². The lowest BCUT2D eigenvalue weighted by Gasteiger charge is -2.18. The van der Waals surface area contributed by atoms with Gasteiger partial charge in [-0.05, 0) is 5.92 Å². The number of carbonyl (C=O) groups excluding carboxylic acids is 1. The minimum Gasteiger partial charge on any atom is -0.391 e. The van der Waals surface area contributed by atoms with E-state index in [1.807, 2.05) is 10.7 Å². The van der Waals surface area contributed by atoms with Crippen LogP contribution in [0, 0.1) is 5.92 Å². The Labute approximate surface area is 94.7 Å². The Balaban J connectivity index is 2.20. The van der Waals surface area contributed by atoms with Crippen LogP contribution >= 0.6 is 0 Å². The van der Waals surface area contributed by atoms with Gasteiger partial charge in [0.1, 0.15) is 5.82 Å². The molecule has 0 spiro atoms. The van der Waals surface area contributed by atoms with E-state index in [4.69, 9.17) is 0 Å². The number of aromatic nitrogens is 2. The summed E-state index contributed by atoms with van der Waals surface area (Å²) >= 11 is 0. The quantitative estimate of drug-likeness (QED) is 0.818. The third-order valence-corrected chi connectivity index (χ3v) is 2.61. The van der Waals surface area contributed by atoms with Crippen LogP contribution in [0.4, 0.5) is 5.82 Å². The van der Waals surface area contributed by atoms with Crippen molar-refractivity contribution in [3.8, 4) is 0 Å². The molecule has 1 atom stereocenters. The van der Waals surface area contributed by atoms with Gasteiger partial charge in [-0.15, -0.1) is 0 Å². The predicted molar refractivity (Wildman–Crippen MR) is 60.0 cm³/mol. The van der Waals surface area contributed by atoms with Crippen molar-refractivity contribution in [3.63, 3.8) is 0 Å². The highest BCUT2D eigenvalue weighted by molar-refractivity contribution is 5.95. The number of hydrogen-bond donors (Lipinski definition) is 1. The minimum absolute atomic E-state index is 0.0296. The zero-order valence-electron chi connectivity index (χ0n) is 9.63. The summed E-state index contributed by atoms with van der Waals surface area (Å²) in [4.78, 5) is 13.3. The lowest BCUT2D eigenvalue weighted by atomic mass is 10.2. The van der Waals surface area contributed by atoms with Crippen LogP contribution in [-0.2, 0) is 11.3 Å². The van der Waals surface area contributed by atoms with E-state index in [9.17, 15) is 9.90 Å². The van der Waals surface area contributed by atoms with Crippen LogP contribution < -0.4 is 4.90 Å². The number of amides is 1. The Morgan fingerprint density at radius 2 is 2.38 bits per heavy atom. The van der Waals surface area contributed by atoms with Crippen molar-refractivity contribution in [1.29, 1.82) is 0 Å². The van der Waals surface area contributed by atoms with Crippen LogP contribution in [0.15, 0.2) is 12.3 Å². The molecule has 1 amide bonds. The monoisotopic (exact) mass is 223 g/mol. The maximum absolute atomic E-state index is 11.6. The van der Waals surface area contributed by atoms with E-state index in [-0.39, 0.29) is 12.3 Å². The summed E-state index contributed by atoms with van der Waals surface area (Å²) in [7, 11) is 0. The van der Waals surface area contributed by atoms with E-state index in [1.54, 1.807) is 11.1 Å². The number of nitrogens with zero attached hydrogens (tertiary/aromatic N) is 3. The molecule has 2 heterocycles. The van der Waals surface area contributed by atoms with Crippen molar-refractivity contribution in [2.45, 2.75) is 32.9 Å². The van der Waals surface area contributed by atoms with Crippen molar-refractivity contribution in [1.82, 2.24) is 9.78 Å². The molecule has 5 heteroatoms. The van der Waals surface area contributed by atoms with Crippen LogP contribution in [-0.4, -0.2) is 33.4 Å². The molecule has 1 fully saturated rings. The van der Waals surface area contributed by atoms with E-state index in [2.05, 4.69) is 18.9 Å². The molecular formula is C11H17N3O2. The van der Waals surface area contributed by atoms with E-state index >= 15 is 0 Å². The SMILES string of the molecule is CC(C)Cn1nccc1N1CC(O)CC1=O. The molecule has 2 rings (SSSR count).